The Balaban J connectivity index is -0.0000000875. The molecule has 0 spiro atoms. The fraction of sp³-hybridized carbons (Fsp3) is 0.333. The Labute approximate surface area is 80.3 Å². The number of rotatable bonds is 0. The average molecular weight is 171 g/mol. The molecule has 0 atom stereocenters. The fourth-order valence-electron chi connectivity index (χ4n) is 0.340. The van der Waals surface area contributed by atoms with E-state index in [1.165, 1.54) is 0 Å². The van der Waals surface area contributed by atoms with Gasteiger partial charge in [-0.2, -0.15) is 19.9 Å². The van der Waals surface area contributed by atoms with E-state index < -0.39 is 0 Å². The molecule has 0 aromatic rings. The summed E-state index contributed by atoms with van der Waals surface area (Å²) in [7, 11) is 0. The molecule has 1 heteroatoms. The zero-order valence-corrected chi connectivity index (χ0v) is 8.41. The van der Waals surface area contributed by atoms with Crippen molar-refractivity contribution >= 4 is 0 Å². The van der Waals surface area contributed by atoms with Crippen LogP contribution in [0.3, 0.4) is 0 Å². The van der Waals surface area contributed by atoms with Gasteiger partial charge in [-0.15, -0.1) is 6.42 Å². The summed E-state index contributed by atoms with van der Waals surface area (Å²) in [6, 6.07) is 0. The number of allylic oxidation sites excluding steroid dienone is 4. The van der Waals surface area contributed by atoms with Crippen LogP contribution >= 0.6 is 0 Å². The molecule has 0 saturated heterocycles. The third-order valence-corrected chi connectivity index (χ3v) is 0.586. The molecule has 1 radical (unpaired) electrons. The van der Waals surface area contributed by atoms with Gasteiger partial charge in [-0.05, 0) is 0 Å². The molecule has 0 N–H and O–H groups in total. The SMILES string of the molecule is [C-]1=CC=CC1.[CH2-]C.[CH2-]C.[Ti+3]. The summed E-state index contributed by atoms with van der Waals surface area (Å²) in [6.45, 7) is 10.0. The molecular formula is C9H15Ti. The van der Waals surface area contributed by atoms with E-state index in [2.05, 4.69) is 26.0 Å². The molecule has 1 aliphatic carbocycles. The minimum atomic E-state index is 0. The standard InChI is InChI=1S/C5H5.2C2H5.Ti/c1-2-4-5-3-1;2*1-2;/h1-3H,4H2;2*1H2,2H3;/q3*-1;+3. The van der Waals surface area contributed by atoms with Crippen LogP contribution in [0.1, 0.15) is 20.3 Å². The molecule has 10 heavy (non-hydrogen) atoms. The summed E-state index contributed by atoms with van der Waals surface area (Å²) in [5.41, 5.74) is 0. The third-order valence-electron chi connectivity index (χ3n) is 0.586. The van der Waals surface area contributed by atoms with Crippen molar-refractivity contribution < 1.29 is 21.7 Å². The van der Waals surface area contributed by atoms with Gasteiger partial charge >= 0.3 is 21.7 Å². The summed E-state index contributed by atoms with van der Waals surface area (Å²) in [5.74, 6) is 0. The molecule has 0 bridgehead atoms. The van der Waals surface area contributed by atoms with Gasteiger partial charge in [0, 0.05) is 0 Å². The van der Waals surface area contributed by atoms with Crippen molar-refractivity contribution in [2.24, 2.45) is 0 Å². The van der Waals surface area contributed by atoms with Crippen LogP contribution in [0, 0.1) is 19.9 Å². The molecule has 0 aromatic carbocycles. The Morgan fingerprint density at radius 3 is 1.80 bits per heavy atom. The van der Waals surface area contributed by atoms with Crippen LogP contribution < -0.4 is 0 Å². The molecule has 55 valence electrons. The van der Waals surface area contributed by atoms with Crippen LogP contribution in [0.4, 0.5) is 0 Å². The van der Waals surface area contributed by atoms with Crippen LogP contribution in [0.25, 0.3) is 0 Å². The maximum absolute atomic E-state index is 3.25. The van der Waals surface area contributed by atoms with E-state index >= 15 is 0 Å². The van der Waals surface area contributed by atoms with Gasteiger partial charge < -0.3 is 13.8 Å². The first-order valence-electron chi connectivity index (χ1n) is 3.13. The summed E-state index contributed by atoms with van der Waals surface area (Å²) in [4.78, 5) is 0. The van der Waals surface area contributed by atoms with E-state index in [4.69, 9.17) is 0 Å². The minimum Gasteiger partial charge on any atom is -0.346 e. The first-order valence-corrected chi connectivity index (χ1v) is 3.13. The molecule has 0 aliphatic heterocycles. The van der Waals surface area contributed by atoms with Crippen LogP contribution in [-0.4, -0.2) is 0 Å². The zero-order valence-electron chi connectivity index (χ0n) is 6.85. The second-order valence-electron chi connectivity index (χ2n) is 1.00. The molecule has 0 fully saturated rings. The van der Waals surface area contributed by atoms with Gasteiger partial charge in [0.15, 0.2) is 0 Å². The smallest absolute Gasteiger partial charge is 0.346 e. The van der Waals surface area contributed by atoms with E-state index in [1.54, 1.807) is 13.8 Å². The van der Waals surface area contributed by atoms with Crippen LogP contribution in [0.15, 0.2) is 18.2 Å². The summed E-state index contributed by atoms with van der Waals surface area (Å²) in [5, 5.41) is 0. The summed E-state index contributed by atoms with van der Waals surface area (Å²) in [6.07, 6.45) is 10.0. The first kappa shape index (κ1) is 16.7. The predicted octanol–water partition coefficient (Wildman–Crippen LogP) is 2.98. The molecule has 0 unspecified atom stereocenters. The Kier molecular flexibility index (Phi) is 38.1. The Morgan fingerprint density at radius 1 is 1.20 bits per heavy atom. The Bertz CT molecular complexity index is 62.8. The first-order chi connectivity index (χ1) is 4.50. The van der Waals surface area contributed by atoms with E-state index in [0.29, 0.717) is 0 Å². The summed E-state index contributed by atoms with van der Waals surface area (Å²) >= 11 is 0. The van der Waals surface area contributed by atoms with Crippen LogP contribution in [0.2, 0.25) is 0 Å². The normalized spacial score (nSPS) is 10.0. The van der Waals surface area contributed by atoms with Gasteiger partial charge in [0.2, 0.25) is 0 Å². The molecular weight excluding hydrogens is 156 g/mol. The van der Waals surface area contributed by atoms with Crippen molar-refractivity contribution in [1.82, 2.24) is 0 Å². The van der Waals surface area contributed by atoms with Crippen LogP contribution in [0.5, 0.6) is 0 Å². The Hall–Kier alpha value is 0.194. The van der Waals surface area contributed by atoms with Gasteiger partial charge in [0.05, 0.1) is 0 Å². The van der Waals surface area contributed by atoms with Gasteiger partial charge in [-0.25, -0.2) is 12.2 Å². The predicted molar refractivity (Wildman–Crippen MR) is 43.6 cm³/mol. The molecule has 0 amide bonds. The van der Waals surface area contributed by atoms with E-state index in [0.717, 1.165) is 6.42 Å². The average Bonchev–Trinajstić information content (AvgIpc) is 2.51. The van der Waals surface area contributed by atoms with Crippen molar-refractivity contribution in [2.45, 2.75) is 20.3 Å². The maximum atomic E-state index is 3.25. The van der Waals surface area contributed by atoms with E-state index in [1.807, 2.05) is 12.2 Å². The maximum Gasteiger partial charge on any atom is 3.00 e. The minimum absolute atomic E-state index is 0. The second-order valence-corrected chi connectivity index (χ2v) is 1.00. The van der Waals surface area contributed by atoms with E-state index in [-0.39, 0.29) is 21.7 Å². The van der Waals surface area contributed by atoms with Crippen LogP contribution in [-0.2, 0) is 21.7 Å². The molecule has 1 rings (SSSR count). The summed E-state index contributed by atoms with van der Waals surface area (Å²) < 4.78 is 0. The molecule has 0 nitrogen and oxygen atoms in total. The molecule has 0 aromatic heterocycles. The van der Waals surface area contributed by atoms with Crippen molar-refractivity contribution in [1.29, 1.82) is 0 Å². The Morgan fingerprint density at radius 2 is 1.70 bits per heavy atom. The van der Waals surface area contributed by atoms with Gasteiger partial charge in [0.1, 0.15) is 0 Å². The second kappa shape index (κ2) is 22.9. The quantitative estimate of drug-likeness (QED) is 0.388. The van der Waals surface area contributed by atoms with Gasteiger partial charge in [-0.1, -0.05) is 0 Å². The van der Waals surface area contributed by atoms with Gasteiger partial charge in [0.25, 0.3) is 0 Å². The zero-order chi connectivity index (χ0) is 7.54. The number of hydrogen-bond donors (Lipinski definition) is 0. The molecule has 0 heterocycles. The van der Waals surface area contributed by atoms with Crippen molar-refractivity contribution in [3.63, 3.8) is 0 Å². The molecule has 0 saturated carbocycles. The fourth-order valence-corrected chi connectivity index (χ4v) is 0.340. The van der Waals surface area contributed by atoms with Crippen molar-refractivity contribution in [2.75, 3.05) is 0 Å². The van der Waals surface area contributed by atoms with Crippen molar-refractivity contribution in [3.8, 4) is 0 Å². The van der Waals surface area contributed by atoms with Crippen molar-refractivity contribution in [3.05, 3.63) is 38.2 Å². The number of hydrogen-bond acceptors (Lipinski definition) is 0. The topological polar surface area (TPSA) is 0 Å². The largest absolute Gasteiger partial charge is 3.00 e. The monoisotopic (exact) mass is 171 g/mol. The van der Waals surface area contributed by atoms with E-state index in [9.17, 15) is 0 Å². The third kappa shape index (κ3) is 15.7. The molecule has 1 aliphatic rings. The van der Waals surface area contributed by atoms with Gasteiger partial charge in [-0.3, -0.25) is 6.08 Å².